The summed E-state index contributed by atoms with van der Waals surface area (Å²) in [6, 6.07) is 9.29. The second kappa shape index (κ2) is 13.3. The molecule has 6 heteroatoms. The topological polar surface area (TPSA) is 18.5 Å². The van der Waals surface area contributed by atoms with Crippen molar-refractivity contribution in [2.45, 2.75) is 78.0 Å². The van der Waals surface area contributed by atoms with Gasteiger partial charge in [-0.1, -0.05) is 61.5 Å². The monoisotopic (exact) mass is 574 g/mol. The summed E-state index contributed by atoms with van der Waals surface area (Å²) in [6.07, 6.45) is 0. The van der Waals surface area contributed by atoms with E-state index in [0.717, 1.165) is 11.5 Å². The second-order valence-electron chi connectivity index (χ2n) is 6.66. The Morgan fingerprint density at radius 2 is 1.04 bits per heavy atom. The van der Waals surface area contributed by atoms with E-state index < -0.39 is 16.3 Å². The molecular weight excluding hydrogens is 543 g/mol. The Morgan fingerprint density at radius 1 is 0.750 bits per heavy atom. The molecule has 0 fully saturated rings. The van der Waals surface area contributed by atoms with E-state index in [2.05, 4.69) is 77.0 Å². The van der Waals surface area contributed by atoms with E-state index in [1.54, 1.807) is 0 Å². The molecule has 0 aliphatic carbocycles. The van der Waals surface area contributed by atoms with Gasteiger partial charge >= 0.3 is 35.1 Å². The molecule has 0 bridgehead atoms. The van der Waals surface area contributed by atoms with Gasteiger partial charge in [-0.15, -0.1) is 12.1 Å². The third kappa shape index (κ3) is 9.14. The van der Waals surface area contributed by atoms with Gasteiger partial charge in [-0.05, 0) is 0 Å². The summed E-state index contributed by atoms with van der Waals surface area (Å²) in [5.74, 6) is 1.63. The number of rotatable bonds is 8. The summed E-state index contributed by atoms with van der Waals surface area (Å²) >= 11 is 4.72. The normalized spacial score (nSPS) is 11.5. The standard InChI is InChI=1S/C18H31O2P2.HI.Pd/c1-13(2)21(14(3)4)19-17-10-9-11-18(12-17)20-22(15(5)6)16(7)8;;/h9-11,13-16H,1-8H3;1H;/q-1;;+2/p-1. The third-order valence-corrected chi connectivity index (χ3v) is 8.07. The van der Waals surface area contributed by atoms with Crippen LogP contribution in [0.1, 0.15) is 55.4 Å². The molecule has 1 aromatic carbocycles. The van der Waals surface area contributed by atoms with Crippen molar-refractivity contribution in [1.82, 2.24) is 0 Å². The van der Waals surface area contributed by atoms with Crippen LogP contribution >= 0.6 is 35.8 Å². The Balaban J connectivity index is 0.00000254. The van der Waals surface area contributed by atoms with Crippen LogP contribution in [0.25, 0.3) is 0 Å². The van der Waals surface area contributed by atoms with Gasteiger partial charge in [0.15, 0.2) is 0 Å². The van der Waals surface area contributed by atoms with Crippen LogP contribution < -0.4 is 9.05 Å². The summed E-state index contributed by atoms with van der Waals surface area (Å²) in [5, 5.41) is 0. The van der Waals surface area contributed by atoms with Crippen LogP contribution in [0.3, 0.4) is 0 Å². The fourth-order valence-electron chi connectivity index (χ4n) is 2.38. The average Bonchev–Trinajstić information content (AvgIpc) is 2.51. The van der Waals surface area contributed by atoms with Gasteiger partial charge in [-0.3, -0.25) is 0 Å². The molecule has 1 rings (SSSR count). The van der Waals surface area contributed by atoms with Crippen LogP contribution in [-0.4, -0.2) is 22.6 Å². The van der Waals surface area contributed by atoms with Gasteiger partial charge in [0.2, 0.25) is 0 Å². The van der Waals surface area contributed by atoms with Crippen molar-refractivity contribution in [3.8, 4) is 11.5 Å². The molecule has 0 aliphatic heterocycles. The minimum atomic E-state index is -0.494. The van der Waals surface area contributed by atoms with Gasteiger partial charge in [0.25, 0.3) is 0 Å². The molecule has 142 valence electrons. The molecule has 0 radical (unpaired) electrons. The molecule has 0 unspecified atom stereocenters. The van der Waals surface area contributed by atoms with E-state index >= 15 is 0 Å². The maximum absolute atomic E-state index is 6.22. The number of hydrogen-bond donors (Lipinski definition) is 0. The molecule has 0 aliphatic rings. The molecule has 0 spiro atoms. The van der Waals surface area contributed by atoms with Crippen molar-refractivity contribution < 1.29 is 24.6 Å². The zero-order valence-corrected chi connectivity index (χ0v) is 21.4. The van der Waals surface area contributed by atoms with E-state index in [1.807, 2.05) is 37.7 Å². The first-order valence-corrected chi connectivity index (χ1v) is 15.7. The Morgan fingerprint density at radius 3 is 1.29 bits per heavy atom. The fourth-order valence-corrected chi connectivity index (χ4v) is 6.27. The molecule has 0 atom stereocenters. The third-order valence-electron chi connectivity index (χ3n) is 3.18. The zero-order valence-electron chi connectivity index (χ0n) is 15.9. The molecule has 0 heterocycles. The molecule has 0 saturated heterocycles. The molecule has 0 saturated carbocycles. The predicted octanol–water partition coefficient (Wildman–Crippen LogP) is 7.55. The van der Waals surface area contributed by atoms with E-state index in [4.69, 9.17) is 9.05 Å². The van der Waals surface area contributed by atoms with Crippen molar-refractivity contribution in [2.24, 2.45) is 0 Å². The van der Waals surface area contributed by atoms with Crippen molar-refractivity contribution >= 4 is 35.8 Å². The molecular formula is C18H31IO2P2Pd. The summed E-state index contributed by atoms with van der Waals surface area (Å²) in [7, 11) is -0.988. The van der Waals surface area contributed by atoms with Gasteiger partial charge in [0, 0.05) is 34.1 Å². The molecule has 0 amide bonds. The molecule has 0 aromatic heterocycles. The summed E-state index contributed by atoms with van der Waals surface area (Å²) < 4.78 is 12.4. The quantitative estimate of drug-likeness (QED) is 0.138. The Kier molecular flexibility index (Phi) is 13.9. The van der Waals surface area contributed by atoms with Gasteiger partial charge in [-0.25, -0.2) is 0 Å². The van der Waals surface area contributed by atoms with Crippen LogP contribution in [-0.2, 0) is 15.6 Å². The summed E-state index contributed by atoms with van der Waals surface area (Å²) in [5.41, 5.74) is 2.15. The zero-order chi connectivity index (χ0) is 18.9. The van der Waals surface area contributed by atoms with Crippen LogP contribution in [0.4, 0.5) is 0 Å². The molecule has 2 nitrogen and oxygen atoms in total. The number of halogens is 1. The second-order valence-corrected chi connectivity index (χ2v) is 12.6. The minimum absolute atomic E-state index is 0.494. The first kappa shape index (κ1) is 25.1. The Bertz CT molecular complexity index is 403. The predicted molar refractivity (Wildman–Crippen MR) is 115 cm³/mol. The summed E-state index contributed by atoms with van der Waals surface area (Å²) in [6.45, 7) is 17.8. The Hall–Kier alpha value is 1.07. The summed E-state index contributed by atoms with van der Waals surface area (Å²) in [4.78, 5) is 0. The van der Waals surface area contributed by atoms with Crippen LogP contribution in [0, 0.1) is 6.07 Å². The maximum atomic E-state index is 6.22. The van der Waals surface area contributed by atoms with Gasteiger partial charge < -0.3 is 9.05 Å². The first-order chi connectivity index (χ1) is 11.2. The molecule has 24 heavy (non-hydrogen) atoms. The van der Waals surface area contributed by atoms with Crippen LogP contribution in [0.15, 0.2) is 18.2 Å². The Labute approximate surface area is 173 Å². The van der Waals surface area contributed by atoms with Gasteiger partial charge in [0.1, 0.15) is 0 Å². The number of benzene rings is 1. The van der Waals surface area contributed by atoms with Gasteiger partial charge in [0.05, 0.1) is 16.3 Å². The van der Waals surface area contributed by atoms with Gasteiger partial charge in [-0.2, -0.15) is 6.07 Å². The first-order valence-electron chi connectivity index (χ1n) is 8.29. The average molecular weight is 575 g/mol. The fraction of sp³-hybridized carbons (Fsp3) is 0.667. The van der Waals surface area contributed by atoms with Crippen LogP contribution in [0.2, 0.25) is 0 Å². The van der Waals surface area contributed by atoms with Crippen molar-refractivity contribution in [3.05, 3.63) is 24.3 Å². The number of hydrogen-bond acceptors (Lipinski definition) is 2. The molecule has 1 aromatic rings. The van der Waals surface area contributed by atoms with E-state index in [1.165, 1.54) is 0 Å². The SMILES string of the molecule is CC(C)P(Oc1[c-]c(OP(C(C)C)C(C)C)ccc1)C(C)C.[Pd+][I]. The van der Waals surface area contributed by atoms with E-state index in [-0.39, 0.29) is 0 Å². The van der Waals surface area contributed by atoms with Crippen molar-refractivity contribution in [1.29, 1.82) is 0 Å². The van der Waals surface area contributed by atoms with Crippen molar-refractivity contribution in [3.63, 3.8) is 0 Å². The van der Waals surface area contributed by atoms with Crippen molar-refractivity contribution in [2.75, 3.05) is 0 Å². The molecule has 0 N–H and O–H groups in total. The van der Waals surface area contributed by atoms with Crippen LogP contribution in [0.5, 0.6) is 11.5 Å². The van der Waals surface area contributed by atoms with E-state index in [9.17, 15) is 0 Å². The van der Waals surface area contributed by atoms with E-state index in [0.29, 0.717) is 22.6 Å².